The number of unbranched alkanes of at least 4 members (excludes halogenated alkanes) is 2. The molecule has 2 heterocycles. The molecule has 38 heavy (non-hydrogen) atoms. The Hall–Kier alpha value is -3.58. The molecular weight excluding hydrogens is 480 g/mol. The van der Waals surface area contributed by atoms with E-state index >= 15 is 0 Å². The third-order valence-corrected chi connectivity index (χ3v) is 8.09. The van der Waals surface area contributed by atoms with Crippen molar-refractivity contribution in [1.29, 1.82) is 0 Å². The first-order valence-corrected chi connectivity index (χ1v) is 13.5. The SMILES string of the molecule is CC(CCCCC(O)CCCCC(C)(c1ccccc1)c1co[nH]c1=O)(c1ccccc1)c1co[nH]c1=O. The molecule has 0 amide bonds. The average Bonchev–Trinajstić information content (AvgIpc) is 3.58. The van der Waals surface area contributed by atoms with E-state index in [0.717, 1.165) is 49.7 Å². The van der Waals surface area contributed by atoms with Gasteiger partial charge in [-0.3, -0.25) is 9.59 Å². The van der Waals surface area contributed by atoms with Crippen molar-refractivity contribution in [2.24, 2.45) is 0 Å². The molecule has 2 aromatic heterocycles. The Labute approximate surface area is 222 Å². The fourth-order valence-corrected chi connectivity index (χ4v) is 5.60. The first-order chi connectivity index (χ1) is 18.3. The average molecular weight is 519 g/mol. The number of nitrogens with one attached hydrogen (secondary N) is 2. The number of aromatic amines is 2. The van der Waals surface area contributed by atoms with Crippen LogP contribution in [0.4, 0.5) is 0 Å². The minimum absolute atomic E-state index is 0.198. The summed E-state index contributed by atoms with van der Waals surface area (Å²) in [5, 5.41) is 15.5. The maximum atomic E-state index is 12.4. The molecule has 202 valence electrons. The smallest absolute Gasteiger partial charge is 0.283 e. The Kier molecular flexibility index (Phi) is 8.89. The summed E-state index contributed by atoms with van der Waals surface area (Å²) in [5.41, 5.74) is 2.09. The van der Waals surface area contributed by atoms with Gasteiger partial charge in [-0.2, -0.15) is 10.3 Å². The van der Waals surface area contributed by atoms with Crippen LogP contribution < -0.4 is 11.1 Å². The van der Waals surface area contributed by atoms with E-state index in [1.165, 1.54) is 12.5 Å². The van der Waals surface area contributed by atoms with E-state index in [4.69, 9.17) is 9.05 Å². The van der Waals surface area contributed by atoms with Crippen molar-refractivity contribution in [2.45, 2.75) is 82.1 Å². The summed E-state index contributed by atoms with van der Waals surface area (Å²) >= 11 is 0. The fourth-order valence-electron chi connectivity index (χ4n) is 5.60. The zero-order valence-electron chi connectivity index (χ0n) is 22.2. The van der Waals surface area contributed by atoms with Crippen LogP contribution in [0.1, 0.15) is 87.5 Å². The highest BCUT2D eigenvalue weighted by Crippen LogP contribution is 2.36. The van der Waals surface area contributed by atoms with Crippen LogP contribution in [0, 0.1) is 0 Å². The van der Waals surface area contributed by atoms with Crippen molar-refractivity contribution in [2.75, 3.05) is 0 Å². The van der Waals surface area contributed by atoms with E-state index in [-0.39, 0.29) is 17.2 Å². The predicted molar refractivity (Wildman–Crippen MR) is 147 cm³/mol. The molecule has 0 fully saturated rings. The van der Waals surface area contributed by atoms with E-state index in [1.54, 1.807) is 0 Å². The standard InChI is InChI=1S/C31H38N2O5/c1-30(23-13-5-3-6-14-23,26-21-37-32-28(26)35)19-11-9-17-25(34)18-10-12-20-31(2,24-15-7-4-8-16-24)27-22-38-33-29(27)36/h3-8,13-16,21-22,25,34H,9-12,17-20H2,1-2H3,(H,32,35)(H,33,36). The molecule has 7 heteroatoms. The minimum atomic E-state index is -0.459. The molecule has 0 saturated heterocycles. The van der Waals surface area contributed by atoms with Crippen molar-refractivity contribution in [3.63, 3.8) is 0 Å². The zero-order valence-corrected chi connectivity index (χ0v) is 22.2. The lowest BCUT2D eigenvalue weighted by atomic mass is 9.73. The zero-order chi connectivity index (χ0) is 27.0. The van der Waals surface area contributed by atoms with Gasteiger partial charge in [0.15, 0.2) is 0 Å². The van der Waals surface area contributed by atoms with Gasteiger partial charge in [0, 0.05) is 10.8 Å². The Bertz CT molecular complexity index is 1260. The first kappa shape index (κ1) is 27.5. The third kappa shape index (κ3) is 6.10. The van der Waals surface area contributed by atoms with E-state index < -0.39 is 10.8 Å². The van der Waals surface area contributed by atoms with Gasteiger partial charge in [0.2, 0.25) is 0 Å². The second kappa shape index (κ2) is 12.3. The second-order valence-corrected chi connectivity index (χ2v) is 10.7. The van der Waals surface area contributed by atoms with Crippen LogP contribution in [-0.4, -0.2) is 21.5 Å². The Morgan fingerprint density at radius 1 is 0.684 bits per heavy atom. The molecule has 4 rings (SSSR count). The largest absolute Gasteiger partial charge is 0.393 e. The molecule has 0 aliphatic carbocycles. The summed E-state index contributed by atoms with van der Waals surface area (Å²) in [5.74, 6) is 0. The number of benzene rings is 2. The Balaban J connectivity index is 1.27. The molecule has 0 radical (unpaired) electrons. The van der Waals surface area contributed by atoms with Crippen LogP contribution in [0.3, 0.4) is 0 Å². The lowest BCUT2D eigenvalue weighted by molar-refractivity contribution is 0.146. The molecule has 0 aliphatic heterocycles. The van der Waals surface area contributed by atoms with Gasteiger partial charge in [0.1, 0.15) is 12.5 Å². The summed E-state index contributed by atoms with van der Waals surface area (Å²) in [6.45, 7) is 4.15. The van der Waals surface area contributed by atoms with Crippen molar-refractivity contribution in [1.82, 2.24) is 10.3 Å². The van der Waals surface area contributed by atoms with Crippen LogP contribution >= 0.6 is 0 Å². The van der Waals surface area contributed by atoms with Crippen molar-refractivity contribution >= 4 is 0 Å². The molecular formula is C31H38N2O5. The Morgan fingerprint density at radius 3 is 1.42 bits per heavy atom. The summed E-state index contributed by atoms with van der Waals surface area (Å²) in [6.07, 6.45) is 9.13. The van der Waals surface area contributed by atoms with Gasteiger partial charge in [0.25, 0.3) is 11.1 Å². The van der Waals surface area contributed by atoms with Crippen molar-refractivity contribution in [3.05, 3.63) is 116 Å². The maximum absolute atomic E-state index is 12.4. The number of aliphatic hydroxyl groups excluding tert-OH is 1. The van der Waals surface area contributed by atoms with Gasteiger partial charge in [-0.05, 0) is 36.8 Å². The molecule has 2 unspecified atom stereocenters. The van der Waals surface area contributed by atoms with Crippen LogP contribution in [0.5, 0.6) is 0 Å². The number of hydrogen-bond acceptors (Lipinski definition) is 5. The normalized spacial score (nSPS) is 15.6. The van der Waals surface area contributed by atoms with Gasteiger partial charge in [-0.25, -0.2) is 0 Å². The molecule has 0 aliphatic rings. The van der Waals surface area contributed by atoms with Gasteiger partial charge in [0.05, 0.1) is 17.2 Å². The Morgan fingerprint density at radius 2 is 1.08 bits per heavy atom. The van der Waals surface area contributed by atoms with Crippen LogP contribution in [0.2, 0.25) is 0 Å². The number of H-pyrrole nitrogens is 2. The van der Waals surface area contributed by atoms with Crippen LogP contribution in [-0.2, 0) is 10.8 Å². The van der Waals surface area contributed by atoms with Crippen molar-refractivity contribution < 1.29 is 14.2 Å². The summed E-state index contributed by atoms with van der Waals surface area (Å²) in [4.78, 5) is 24.7. The molecule has 0 saturated carbocycles. The van der Waals surface area contributed by atoms with Gasteiger partial charge in [-0.1, -0.05) is 100 Å². The lowest BCUT2D eigenvalue weighted by Gasteiger charge is -2.29. The van der Waals surface area contributed by atoms with E-state index in [0.29, 0.717) is 24.0 Å². The molecule has 2 aromatic carbocycles. The molecule has 7 nitrogen and oxygen atoms in total. The number of aliphatic hydroxyl groups is 1. The first-order valence-electron chi connectivity index (χ1n) is 13.5. The molecule has 2 atom stereocenters. The van der Waals surface area contributed by atoms with Crippen LogP contribution in [0.25, 0.3) is 0 Å². The molecule has 0 bridgehead atoms. The fraction of sp³-hybridized carbons (Fsp3) is 0.419. The van der Waals surface area contributed by atoms with Gasteiger partial charge >= 0.3 is 0 Å². The van der Waals surface area contributed by atoms with E-state index in [2.05, 4.69) is 24.2 Å². The lowest BCUT2D eigenvalue weighted by Crippen LogP contribution is -2.29. The summed E-state index contributed by atoms with van der Waals surface area (Å²) in [7, 11) is 0. The third-order valence-electron chi connectivity index (χ3n) is 8.09. The van der Waals surface area contributed by atoms with Gasteiger partial charge < -0.3 is 14.2 Å². The van der Waals surface area contributed by atoms with Crippen molar-refractivity contribution in [3.8, 4) is 0 Å². The molecule has 3 N–H and O–H groups in total. The summed E-state index contributed by atoms with van der Waals surface area (Å²) in [6, 6.07) is 20.0. The number of aromatic nitrogens is 2. The minimum Gasteiger partial charge on any atom is -0.393 e. The van der Waals surface area contributed by atoms with E-state index in [1.807, 2.05) is 60.7 Å². The maximum Gasteiger partial charge on any atom is 0.283 e. The summed E-state index contributed by atoms with van der Waals surface area (Å²) < 4.78 is 10.2. The highest BCUT2D eigenvalue weighted by atomic mass is 16.5. The monoisotopic (exact) mass is 518 g/mol. The highest BCUT2D eigenvalue weighted by molar-refractivity contribution is 5.36. The predicted octanol–water partition coefficient (Wildman–Crippen LogP) is 6.04. The molecule has 4 aromatic rings. The van der Waals surface area contributed by atoms with Gasteiger partial charge in [-0.15, -0.1) is 0 Å². The topological polar surface area (TPSA) is 112 Å². The molecule has 0 spiro atoms. The number of hydrogen-bond donors (Lipinski definition) is 3. The van der Waals surface area contributed by atoms with Crippen LogP contribution in [0.15, 0.2) is 91.8 Å². The quantitative estimate of drug-likeness (QED) is 0.176. The van der Waals surface area contributed by atoms with E-state index in [9.17, 15) is 14.7 Å². The highest BCUT2D eigenvalue weighted by Gasteiger charge is 2.33. The number of rotatable bonds is 14. The second-order valence-electron chi connectivity index (χ2n) is 10.7.